The van der Waals surface area contributed by atoms with Gasteiger partial charge in [0.25, 0.3) is 15.7 Å². The molecule has 6 N–H and O–H groups in total. The predicted octanol–water partition coefficient (Wildman–Crippen LogP) is 5.63. The van der Waals surface area contributed by atoms with Crippen LogP contribution in [0.25, 0.3) is 22.0 Å². The maximum atomic E-state index is 14.4. The first-order chi connectivity index (χ1) is 27.3. The third kappa shape index (κ3) is 6.47. The van der Waals surface area contributed by atoms with Crippen LogP contribution < -0.4 is 27.2 Å². The Bertz CT molecular complexity index is 3110. The highest BCUT2D eigenvalue weighted by atomic mass is 32.2. The number of aromatic nitrogens is 4. The Morgan fingerprint density at radius 2 is 1.44 bits per heavy atom. The van der Waals surface area contributed by atoms with Crippen molar-refractivity contribution in [1.29, 1.82) is 0 Å². The minimum absolute atomic E-state index is 0.0719. The van der Waals surface area contributed by atoms with Gasteiger partial charge in [0.2, 0.25) is 11.9 Å². The summed E-state index contributed by atoms with van der Waals surface area (Å²) in [6, 6.07) is 27.7. The van der Waals surface area contributed by atoms with Crippen molar-refractivity contribution >= 4 is 73.2 Å². The summed E-state index contributed by atoms with van der Waals surface area (Å²) < 4.78 is 36.5. The Balaban J connectivity index is 1.25. The van der Waals surface area contributed by atoms with Gasteiger partial charge in [-0.3, -0.25) is 23.9 Å². The summed E-state index contributed by atoms with van der Waals surface area (Å²) in [5.74, 6) is -2.84. The van der Waals surface area contributed by atoms with Gasteiger partial charge in [-0.2, -0.15) is 18.4 Å². The van der Waals surface area contributed by atoms with E-state index in [1.165, 1.54) is 41.9 Å². The molecule has 1 aliphatic rings. The Morgan fingerprint density at radius 3 is 2.18 bits per heavy atom. The maximum Gasteiger partial charge on any atom is 0.351 e. The molecule has 0 atom stereocenters. The molecule has 0 aliphatic heterocycles. The number of anilines is 6. The maximum absolute atomic E-state index is 14.4. The van der Waals surface area contributed by atoms with E-state index in [2.05, 4.69) is 30.9 Å². The summed E-state index contributed by atoms with van der Waals surface area (Å²) in [7, 11) is -3.36. The van der Waals surface area contributed by atoms with Gasteiger partial charge < -0.3 is 25.6 Å². The molecule has 2 heterocycles. The van der Waals surface area contributed by atoms with E-state index < -0.39 is 43.8 Å². The molecule has 8 rings (SSSR count). The van der Waals surface area contributed by atoms with E-state index >= 15 is 0 Å². The monoisotopic (exact) mass is 781 g/mol. The van der Waals surface area contributed by atoms with Crippen LogP contribution in [0.2, 0.25) is 0 Å². The molecule has 2 aromatic heterocycles. The molecule has 17 heteroatoms. The van der Waals surface area contributed by atoms with Crippen molar-refractivity contribution in [2.75, 3.05) is 16.0 Å². The lowest BCUT2D eigenvalue weighted by atomic mass is 9.80. The normalized spacial score (nSPS) is 11.9. The van der Waals surface area contributed by atoms with Crippen molar-refractivity contribution in [2.45, 2.75) is 4.90 Å². The van der Waals surface area contributed by atoms with Crippen molar-refractivity contribution in [3.8, 4) is 11.1 Å². The van der Waals surface area contributed by atoms with Crippen molar-refractivity contribution in [1.82, 2.24) is 19.5 Å². The molecule has 0 bridgehead atoms. The predicted molar refractivity (Wildman–Crippen MR) is 210 cm³/mol. The zero-order valence-electron chi connectivity index (χ0n) is 29.4. The lowest BCUT2D eigenvalue weighted by Crippen LogP contribution is -2.29. The van der Waals surface area contributed by atoms with Crippen LogP contribution in [-0.4, -0.2) is 55.1 Å². The number of aromatic amines is 1. The fourth-order valence-corrected chi connectivity index (χ4v) is 7.46. The summed E-state index contributed by atoms with van der Waals surface area (Å²) in [6.07, 6.45) is 0. The van der Waals surface area contributed by atoms with E-state index in [1.54, 1.807) is 72.8 Å². The van der Waals surface area contributed by atoms with Crippen molar-refractivity contribution < 1.29 is 32.5 Å². The number of hydrogen-bond donors (Lipinski definition) is 6. The number of fused-ring (bicyclic) bond motifs is 2. The number of carboxylic acids is 1. The van der Waals surface area contributed by atoms with Crippen LogP contribution in [0, 0.1) is 0 Å². The van der Waals surface area contributed by atoms with Crippen LogP contribution in [0.4, 0.5) is 34.6 Å². The number of pyridine rings is 1. The van der Waals surface area contributed by atoms with E-state index in [1.807, 2.05) is 0 Å². The third-order valence-electron chi connectivity index (χ3n) is 9.34. The molecule has 0 fully saturated rings. The number of benzene rings is 5. The molecule has 0 unspecified atom stereocenters. The average Bonchev–Trinajstić information content (AvgIpc) is 3.18. The van der Waals surface area contributed by atoms with Crippen molar-refractivity contribution in [2.24, 2.45) is 7.05 Å². The molecule has 0 radical (unpaired) electrons. The molecule has 0 saturated heterocycles. The zero-order valence-corrected chi connectivity index (χ0v) is 30.2. The van der Waals surface area contributed by atoms with E-state index in [-0.39, 0.29) is 62.5 Å². The SMILES string of the molecule is Cn1c(=O)c(C(=O)c2ccccc2)c2c3c(c(Nc4ccc(S(=O)(=O)O)c(Nc5nc(Nc6ccccc6C(=O)O)nc(=O)[nH]5)c4)ccc31)C(=O)c1ccccc1-2. The Morgan fingerprint density at radius 1 is 0.737 bits per heavy atom. The van der Waals surface area contributed by atoms with Gasteiger partial charge in [-0.05, 0) is 48.0 Å². The third-order valence-corrected chi connectivity index (χ3v) is 10.3. The molecule has 0 saturated carbocycles. The quantitative estimate of drug-likeness (QED) is 0.0728. The summed E-state index contributed by atoms with van der Waals surface area (Å²) >= 11 is 0. The minimum atomic E-state index is -4.88. The number of aromatic carboxylic acids is 1. The highest BCUT2D eigenvalue weighted by molar-refractivity contribution is 7.86. The number of para-hydroxylation sites is 1. The van der Waals surface area contributed by atoms with Gasteiger partial charge in [0.1, 0.15) is 4.90 Å². The van der Waals surface area contributed by atoms with Gasteiger partial charge in [0.15, 0.2) is 11.6 Å². The smallest absolute Gasteiger partial charge is 0.351 e. The molecule has 0 spiro atoms. The number of carboxylic acid groups (broad SMARTS) is 1. The van der Waals surface area contributed by atoms with Gasteiger partial charge in [-0.25, -0.2) is 9.59 Å². The molecule has 5 aromatic carbocycles. The van der Waals surface area contributed by atoms with Crippen LogP contribution in [0.1, 0.15) is 42.2 Å². The minimum Gasteiger partial charge on any atom is -0.478 e. The second-order valence-corrected chi connectivity index (χ2v) is 14.2. The summed E-state index contributed by atoms with van der Waals surface area (Å²) in [5, 5.41) is 18.4. The molecular weight excluding hydrogens is 755 g/mol. The largest absolute Gasteiger partial charge is 0.478 e. The Kier molecular flexibility index (Phi) is 8.79. The lowest BCUT2D eigenvalue weighted by Gasteiger charge is -2.25. The fourth-order valence-electron chi connectivity index (χ4n) is 6.83. The van der Waals surface area contributed by atoms with Crippen LogP contribution >= 0.6 is 0 Å². The first kappa shape index (κ1) is 36.2. The molecule has 57 heavy (non-hydrogen) atoms. The van der Waals surface area contributed by atoms with Crippen LogP contribution in [-0.2, 0) is 17.2 Å². The Labute approximate surface area is 321 Å². The average molecular weight is 782 g/mol. The fraction of sp³-hybridized carbons (Fsp3) is 0.0250. The first-order valence-electron chi connectivity index (χ1n) is 17.0. The summed E-state index contributed by atoms with van der Waals surface area (Å²) in [5.41, 5.74) is 0.288. The standard InChI is InChI=1S/C40H27N7O9S/c1-47-28-17-16-26(31-32(28)30(22-11-5-6-12-23(22)35(31)49)33(36(47)50)34(48)20-9-3-2-4-10-20)41-21-15-18-29(57(54,55)56)27(19-21)43-39-44-38(45-40(53)46-39)42-25-14-8-7-13-24(25)37(51)52/h2-19,41H,1H3,(H,51,52)(H,54,55,56)(H3,42,43,44,45,46,53). The van der Waals surface area contributed by atoms with Gasteiger partial charge in [0.05, 0.1) is 39.3 Å². The van der Waals surface area contributed by atoms with Crippen LogP contribution in [0.5, 0.6) is 0 Å². The van der Waals surface area contributed by atoms with Gasteiger partial charge in [0, 0.05) is 34.8 Å². The topological polar surface area (TPSA) is 243 Å². The Hall–Kier alpha value is -7.76. The van der Waals surface area contributed by atoms with Crippen LogP contribution in [0.3, 0.4) is 0 Å². The number of ketones is 2. The molecule has 0 amide bonds. The number of carbonyl (C=O) groups excluding carboxylic acids is 2. The van der Waals surface area contributed by atoms with Gasteiger partial charge in [-0.15, -0.1) is 0 Å². The highest BCUT2D eigenvalue weighted by Crippen LogP contribution is 2.44. The molecule has 7 aromatic rings. The number of H-pyrrole nitrogens is 1. The second kappa shape index (κ2) is 13.8. The van der Waals surface area contributed by atoms with Gasteiger partial charge in [-0.1, -0.05) is 66.7 Å². The number of nitrogens with zero attached hydrogens (tertiary/aromatic N) is 3. The van der Waals surface area contributed by atoms with Gasteiger partial charge >= 0.3 is 11.7 Å². The summed E-state index contributed by atoms with van der Waals surface area (Å²) in [4.78, 5) is 76.3. The van der Waals surface area contributed by atoms with E-state index in [9.17, 15) is 42.0 Å². The van der Waals surface area contributed by atoms with E-state index in [4.69, 9.17) is 0 Å². The van der Waals surface area contributed by atoms with E-state index in [0.29, 0.717) is 22.0 Å². The number of nitrogens with one attached hydrogen (secondary N) is 4. The number of hydrogen-bond acceptors (Lipinski definition) is 12. The highest BCUT2D eigenvalue weighted by Gasteiger charge is 2.34. The molecular formula is C40H27N7O9S. The molecule has 16 nitrogen and oxygen atoms in total. The van der Waals surface area contributed by atoms with E-state index in [0.717, 1.165) is 6.07 Å². The van der Waals surface area contributed by atoms with Crippen molar-refractivity contribution in [3.63, 3.8) is 0 Å². The molecule has 282 valence electrons. The molecule has 1 aliphatic carbocycles. The number of aryl methyl sites for hydroxylation is 1. The number of carbonyl (C=O) groups is 3. The first-order valence-corrected chi connectivity index (χ1v) is 18.4. The second-order valence-electron chi connectivity index (χ2n) is 12.8. The lowest BCUT2D eigenvalue weighted by molar-refractivity contribution is 0.0697. The number of rotatable bonds is 10. The zero-order chi connectivity index (χ0) is 40.2. The van der Waals surface area contributed by atoms with Crippen LogP contribution in [0.15, 0.2) is 124 Å². The van der Waals surface area contributed by atoms with Crippen molar-refractivity contribution in [3.05, 3.63) is 158 Å². The summed E-state index contributed by atoms with van der Waals surface area (Å²) in [6.45, 7) is 0.